The first-order valence-electron chi connectivity index (χ1n) is 4.57. The molecule has 0 saturated heterocycles. The molecule has 0 amide bonds. The lowest BCUT2D eigenvalue weighted by molar-refractivity contribution is 0.767. The zero-order valence-electron chi connectivity index (χ0n) is 8.31. The molecule has 0 aliphatic carbocycles. The molecule has 0 aliphatic rings. The van der Waals surface area contributed by atoms with Gasteiger partial charge in [-0.3, -0.25) is 4.68 Å². The Labute approximate surface area is 96.5 Å². The van der Waals surface area contributed by atoms with Crippen molar-refractivity contribution < 1.29 is 0 Å². The van der Waals surface area contributed by atoms with Crippen molar-refractivity contribution in [2.75, 3.05) is 5.32 Å². The Hall–Kier alpha value is -1.36. The van der Waals surface area contributed by atoms with Gasteiger partial charge in [0.15, 0.2) is 0 Å². The summed E-state index contributed by atoms with van der Waals surface area (Å²) in [6, 6.07) is 3.88. The topological polar surface area (TPSA) is 42.7 Å². The maximum Gasteiger partial charge on any atom is 0.129 e. The Morgan fingerprint density at radius 2 is 2.40 bits per heavy atom. The summed E-state index contributed by atoms with van der Waals surface area (Å²) in [6.45, 7) is 0.748. The van der Waals surface area contributed by atoms with Crippen molar-refractivity contribution in [3.05, 3.63) is 40.9 Å². The second-order valence-corrected chi connectivity index (χ2v) is 3.97. The number of aromatic nitrogens is 3. The Balaban J connectivity index is 2.02. The first-order chi connectivity index (χ1) is 7.25. The van der Waals surface area contributed by atoms with Gasteiger partial charge in [0.25, 0.3) is 0 Å². The first kappa shape index (κ1) is 10.2. The Morgan fingerprint density at radius 1 is 1.53 bits per heavy atom. The molecule has 0 atom stereocenters. The van der Waals surface area contributed by atoms with Gasteiger partial charge in [0.1, 0.15) is 4.60 Å². The van der Waals surface area contributed by atoms with Gasteiger partial charge < -0.3 is 5.32 Å². The number of nitrogens with one attached hydrogen (secondary N) is 1. The molecule has 0 aliphatic heterocycles. The molecule has 0 radical (unpaired) electrons. The van der Waals surface area contributed by atoms with E-state index in [9.17, 15) is 0 Å². The van der Waals surface area contributed by atoms with Crippen LogP contribution in [0.4, 0.5) is 5.69 Å². The van der Waals surface area contributed by atoms with Gasteiger partial charge in [-0.15, -0.1) is 0 Å². The van der Waals surface area contributed by atoms with E-state index in [1.54, 1.807) is 10.9 Å². The van der Waals surface area contributed by atoms with Crippen LogP contribution in [0.25, 0.3) is 0 Å². The van der Waals surface area contributed by atoms with Gasteiger partial charge in [-0.1, -0.05) is 0 Å². The fourth-order valence-electron chi connectivity index (χ4n) is 1.28. The largest absolute Gasteiger partial charge is 0.379 e. The van der Waals surface area contributed by atoms with E-state index in [0.29, 0.717) is 0 Å². The highest BCUT2D eigenvalue weighted by atomic mass is 79.9. The van der Waals surface area contributed by atoms with Crippen LogP contribution in [-0.2, 0) is 13.6 Å². The first-order valence-corrected chi connectivity index (χ1v) is 5.37. The van der Waals surface area contributed by atoms with Gasteiger partial charge in [0.2, 0.25) is 0 Å². The van der Waals surface area contributed by atoms with Crippen LogP contribution in [-0.4, -0.2) is 14.8 Å². The maximum absolute atomic E-state index is 4.13. The van der Waals surface area contributed by atoms with E-state index in [2.05, 4.69) is 31.3 Å². The Morgan fingerprint density at radius 3 is 3.07 bits per heavy atom. The summed E-state index contributed by atoms with van der Waals surface area (Å²) in [6.07, 6.45) is 5.58. The molecule has 2 heterocycles. The number of aryl methyl sites for hydroxylation is 1. The van der Waals surface area contributed by atoms with E-state index in [1.807, 2.05) is 31.6 Å². The van der Waals surface area contributed by atoms with Crippen LogP contribution in [0.1, 0.15) is 5.56 Å². The van der Waals surface area contributed by atoms with Crippen molar-refractivity contribution in [3.8, 4) is 0 Å². The molecule has 0 unspecified atom stereocenters. The van der Waals surface area contributed by atoms with Gasteiger partial charge in [-0.2, -0.15) is 5.10 Å². The third-order valence-corrected chi connectivity index (χ3v) is 2.63. The van der Waals surface area contributed by atoms with Gasteiger partial charge >= 0.3 is 0 Å². The minimum Gasteiger partial charge on any atom is -0.379 e. The van der Waals surface area contributed by atoms with E-state index < -0.39 is 0 Å². The fourth-order valence-corrected chi connectivity index (χ4v) is 1.67. The average Bonchev–Trinajstić information content (AvgIpc) is 2.63. The predicted octanol–water partition coefficient (Wildman–Crippen LogP) is 2.19. The summed E-state index contributed by atoms with van der Waals surface area (Å²) in [4.78, 5) is 4.13. The minimum atomic E-state index is 0.748. The highest BCUT2D eigenvalue weighted by molar-refractivity contribution is 9.10. The van der Waals surface area contributed by atoms with Crippen molar-refractivity contribution in [1.29, 1.82) is 0 Å². The van der Waals surface area contributed by atoms with Gasteiger partial charge in [0.05, 0.1) is 11.9 Å². The predicted molar refractivity (Wildman–Crippen MR) is 62.5 cm³/mol. The standard InChI is InChI=1S/C10H11BrN4/c1-15-7-8(6-14-15)5-13-9-3-2-4-12-10(9)11/h2-4,6-7,13H,5H2,1H3. The lowest BCUT2D eigenvalue weighted by Crippen LogP contribution is -1.99. The maximum atomic E-state index is 4.13. The lowest BCUT2D eigenvalue weighted by atomic mass is 10.3. The third kappa shape index (κ3) is 2.56. The van der Waals surface area contributed by atoms with Crippen LogP contribution < -0.4 is 5.32 Å². The molecule has 5 heteroatoms. The highest BCUT2D eigenvalue weighted by Crippen LogP contribution is 2.18. The average molecular weight is 267 g/mol. The molecule has 0 bridgehead atoms. The van der Waals surface area contributed by atoms with Crippen molar-refractivity contribution in [1.82, 2.24) is 14.8 Å². The molecule has 0 saturated carbocycles. The van der Waals surface area contributed by atoms with E-state index in [0.717, 1.165) is 22.4 Å². The monoisotopic (exact) mass is 266 g/mol. The third-order valence-electron chi connectivity index (χ3n) is 2.00. The molecule has 1 N–H and O–H groups in total. The van der Waals surface area contributed by atoms with Crippen molar-refractivity contribution in [3.63, 3.8) is 0 Å². The molecule has 2 aromatic heterocycles. The molecule has 0 fully saturated rings. The smallest absolute Gasteiger partial charge is 0.129 e. The van der Waals surface area contributed by atoms with Crippen molar-refractivity contribution in [2.45, 2.75) is 6.54 Å². The molecule has 2 aromatic rings. The number of hydrogen-bond donors (Lipinski definition) is 1. The minimum absolute atomic E-state index is 0.748. The zero-order valence-corrected chi connectivity index (χ0v) is 9.90. The quantitative estimate of drug-likeness (QED) is 0.867. The lowest BCUT2D eigenvalue weighted by Gasteiger charge is -2.05. The number of nitrogens with zero attached hydrogens (tertiary/aromatic N) is 3. The van der Waals surface area contributed by atoms with E-state index in [4.69, 9.17) is 0 Å². The van der Waals surface area contributed by atoms with E-state index in [1.165, 1.54) is 0 Å². The molecule has 15 heavy (non-hydrogen) atoms. The normalized spacial score (nSPS) is 10.3. The Kier molecular flexibility index (Phi) is 3.01. The summed E-state index contributed by atoms with van der Waals surface area (Å²) in [5.74, 6) is 0. The number of anilines is 1. The second-order valence-electron chi connectivity index (χ2n) is 3.22. The zero-order chi connectivity index (χ0) is 10.7. The summed E-state index contributed by atoms with van der Waals surface area (Å²) < 4.78 is 2.61. The van der Waals surface area contributed by atoms with Crippen LogP contribution in [0.2, 0.25) is 0 Å². The number of halogens is 1. The number of hydrogen-bond acceptors (Lipinski definition) is 3. The number of rotatable bonds is 3. The van der Waals surface area contributed by atoms with E-state index in [-0.39, 0.29) is 0 Å². The molecule has 2 rings (SSSR count). The molecular weight excluding hydrogens is 256 g/mol. The van der Waals surface area contributed by atoms with Crippen LogP contribution in [0.15, 0.2) is 35.3 Å². The summed E-state index contributed by atoms with van der Waals surface area (Å²) in [5, 5.41) is 7.38. The van der Waals surface area contributed by atoms with Gasteiger partial charge in [-0.05, 0) is 28.1 Å². The van der Waals surface area contributed by atoms with Crippen LogP contribution in [0.5, 0.6) is 0 Å². The fraction of sp³-hybridized carbons (Fsp3) is 0.200. The summed E-state index contributed by atoms with van der Waals surface area (Å²) >= 11 is 3.38. The van der Waals surface area contributed by atoms with Crippen LogP contribution >= 0.6 is 15.9 Å². The van der Waals surface area contributed by atoms with Crippen LogP contribution in [0.3, 0.4) is 0 Å². The Bertz CT molecular complexity index is 452. The van der Waals surface area contributed by atoms with Crippen molar-refractivity contribution in [2.24, 2.45) is 7.05 Å². The number of pyridine rings is 1. The van der Waals surface area contributed by atoms with Gasteiger partial charge in [0, 0.05) is 31.5 Å². The summed E-state index contributed by atoms with van der Waals surface area (Å²) in [7, 11) is 1.91. The molecule has 4 nitrogen and oxygen atoms in total. The molecule has 0 spiro atoms. The van der Waals surface area contributed by atoms with Crippen molar-refractivity contribution >= 4 is 21.6 Å². The molecule has 78 valence electrons. The van der Waals surface area contributed by atoms with Crippen LogP contribution in [0, 0.1) is 0 Å². The SMILES string of the molecule is Cn1cc(CNc2cccnc2Br)cn1. The summed E-state index contributed by atoms with van der Waals surface area (Å²) in [5.41, 5.74) is 2.13. The highest BCUT2D eigenvalue weighted by Gasteiger charge is 2.00. The molecular formula is C10H11BrN4. The molecule has 0 aromatic carbocycles. The van der Waals surface area contributed by atoms with Gasteiger partial charge in [-0.25, -0.2) is 4.98 Å². The second kappa shape index (κ2) is 4.44. The van der Waals surface area contributed by atoms with E-state index >= 15 is 0 Å².